The summed E-state index contributed by atoms with van der Waals surface area (Å²) in [6.07, 6.45) is 3.40. The minimum absolute atomic E-state index is 0.000375. The Balaban J connectivity index is 2.02. The summed E-state index contributed by atoms with van der Waals surface area (Å²) in [5, 5.41) is 12.9. The summed E-state index contributed by atoms with van der Waals surface area (Å²) in [6.45, 7) is 1.29. The van der Waals surface area contributed by atoms with Crippen LogP contribution in [0, 0.1) is 0 Å². The number of hydrogen-bond acceptors (Lipinski definition) is 8. The summed E-state index contributed by atoms with van der Waals surface area (Å²) >= 11 is 0. The van der Waals surface area contributed by atoms with Crippen molar-refractivity contribution < 1.29 is 19.3 Å². The number of aliphatic hydroxyl groups excluding tert-OH is 1. The van der Waals surface area contributed by atoms with Crippen molar-refractivity contribution in [3.05, 3.63) is 36.7 Å². The molecule has 2 heterocycles. The third-order valence-electron chi connectivity index (χ3n) is 3.91. The zero-order chi connectivity index (χ0) is 19.1. The molecule has 0 bridgehead atoms. The molecule has 2 N–H and O–H groups in total. The molecule has 3 rings (SSSR count). The third-order valence-corrected chi connectivity index (χ3v) is 3.91. The molecular formula is C19H22N4O4. The SMILES string of the molecule is COc1cc2nc(-c3ccncc3)nc(NCCOCCO)c2cc1OC. The van der Waals surface area contributed by atoms with Crippen molar-refractivity contribution in [3.8, 4) is 22.9 Å². The molecule has 0 unspecified atom stereocenters. The lowest BCUT2D eigenvalue weighted by molar-refractivity contribution is 0.0992. The van der Waals surface area contributed by atoms with Gasteiger partial charge in [-0.15, -0.1) is 0 Å². The van der Waals surface area contributed by atoms with Crippen LogP contribution in [0.1, 0.15) is 0 Å². The van der Waals surface area contributed by atoms with E-state index in [4.69, 9.17) is 19.3 Å². The molecule has 0 aliphatic carbocycles. The van der Waals surface area contributed by atoms with E-state index in [0.717, 1.165) is 16.5 Å². The molecule has 0 radical (unpaired) electrons. The van der Waals surface area contributed by atoms with Crippen LogP contribution in [-0.4, -0.2) is 60.6 Å². The first kappa shape index (κ1) is 18.8. The van der Waals surface area contributed by atoms with Crippen LogP contribution in [0.4, 0.5) is 5.82 Å². The van der Waals surface area contributed by atoms with Crippen LogP contribution >= 0.6 is 0 Å². The van der Waals surface area contributed by atoms with Crippen LogP contribution in [0.15, 0.2) is 36.7 Å². The fourth-order valence-corrected chi connectivity index (χ4v) is 2.63. The van der Waals surface area contributed by atoms with Gasteiger partial charge in [0.2, 0.25) is 0 Å². The van der Waals surface area contributed by atoms with E-state index >= 15 is 0 Å². The lowest BCUT2D eigenvalue weighted by Crippen LogP contribution is -2.13. The van der Waals surface area contributed by atoms with Crippen LogP contribution in [0.3, 0.4) is 0 Å². The number of aliphatic hydroxyl groups is 1. The highest BCUT2D eigenvalue weighted by Gasteiger charge is 2.14. The molecule has 27 heavy (non-hydrogen) atoms. The highest BCUT2D eigenvalue weighted by Crippen LogP contribution is 2.35. The molecular weight excluding hydrogens is 348 g/mol. The van der Waals surface area contributed by atoms with Gasteiger partial charge >= 0.3 is 0 Å². The van der Waals surface area contributed by atoms with Gasteiger partial charge in [-0.05, 0) is 18.2 Å². The second-order valence-electron chi connectivity index (χ2n) is 5.62. The predicted molar refractivity (Wildman–Crippen MR) is 102 cm³/mol. The summed E-state index contributed by atoms with van der Waals surface area (Å²) < 4.78 is 16.1. The fraction of sp³-hybridized carbons (Fsp3) is 0.316. The summed E-state index contributed by atoms with van der Waals surface area (Å²) in [4.78, 5) is 13.4. The zero-order valence-corrected chi connectivity index (χ0v) is 15.3. The number of rotatable bonds is 9. The number of aromatic nitrogens is 3. The van der Waals surface area contributed by atoms with Crippen molar-refractivity contribution in [1.82, 2.24) is 15.0 Å². The molecule has 142 valence electrons. The molecule has 0 spiro atoms. The van der Waals surface area contributed by atoms with Crippen molar-refractivity contribution in [3.63, 3.8) is 0 Å². The number of nitrogens with zero attached hydrogens (tertiary/aromatic N) is 3. The molecule has 0 aliphatic rings. The van der Waals surface area contributed by atoms with E-state index in [1.165, 1.54) is 0 Å². The summed E-state index contributed by atoms with van der Waals surface area (Å²) in [6, 6.07) is 7.39. The maximum atomic E-state index is 8.80. The zero-order valence-electron chi connectivity index (χ0n) is 15.3. The lowest BCUT2D eigenvalue weighted by atomic mass is 10.1. The maximum absolute atomic E-state index is 8.80. The van der Waals surface area contributed by atoms with Gasteiger partial charge in [0.25, 0.3) is 0 Å². The van der Waals surface area contributed by atoms with Crippen molar-refractivity contribution in [2.45, 2.75) is 0 Å². The number of methoxy groups -OCH3 is 2. The van der Waals surface area contributed by atoms with E-state index in [1.54, 1.807) is 26.6 Å². The van der Waals surface area contributed by atoms with Crippen molar-refractivity contribution in [2.75, 3.05) is 45.9 Å². The van der Waals surface area contributed by atoms with E-state index in [1.807, 2.05) is 24.3 Å². The highest BCUT2D eigenvalue weighted by atomic mass is 16.5. The molecule has 0 aliphatic heterocycles. The molecule has 2 aromatic heterocycles. The smallest absolute Gasteiger partial charge is 0.162 e. The van der Waals surface area contributed by atoms with E-state index < -0.39 is 0 Å². The van der Waals surface area contributed by atoms with Gasteiger partial charge in [-0.25, -0.2) is 9.97 Å². The molecule has 0 atom stereocenters. The Morgan fingerprint density at radius 3 is 2.44 bits per heavy atom. The molecule has 1 aromatic carbocycles. The van der Waals surface area contributed by atoms with Crippen LogP contribution in [0.25, 0.3) is 22.3 Å². The second kappa shape index (κ2) is 9.11. The first-order valence-corrected chi connectivity index (χ1v) is 8.53. The van der Waals surface area contributed by atoms with Gasteiger partial charge in [-0.2, -0.15) is 0 Å². The Bertz CT molecular complexity index is 890. The molecule has 3 aromatic rings. The Labute approximate surface area is 157 Å². The van der Waals surface area contributed by atoms with E-state index in [0.29, 0.717) is 42.9 Å². The normalized spacial score (nSPS) is 10.8. The van der Waals surface area contributed by atoms with Crippen LogP contribution in [0.2, 0.25) is 0 Å². The number of fused-ring (bicyclic) bond motifs is 1. The number of hydrogen-bond donors (Lipinski definition) is 2. The molecule has 8 nitrogen and oxygen atoms in total. The average molecular weight is 370 g/mol. The van der Waals surface area contributed by atoms with E-state index in [9.17, 15) is 0 Å². The quantitative estimate of drug-likeness (QED) is 0.553. The van der Waals surface area contributed by atoms with Gasteiger partial charge in [0.1, 0.15) is 5.82 Å². The van der Waals surface area contributed by atoms with Gasteiger partial charge < -0.3 is 24.6 Å². The second-order valence-corrected chi connectivity index (χ2v) is 5.62. The number of anilines is 1. The summed E-state index contributed by atoms with van der Waals surface area (Å²) in [5.41, 5.74) is 1.59. The van der Waals surface area contributed by atoms with E-state index in [2.05, 4.69) is 20.3 Å². The molecule has 0 amide bonds. The summed E-state index contributed by atoms with van der Waals surface area (Å²) in [5.74, 6) is 2.45. The monoisotopic (exact) mass is 370 g/mol. The Morgan fingerprint density at radius 1 is 1.00 bits per heavy atom. The fourth-order valence-electron chi connectivity index (χ4n) is 2.63. The Kier molecular flexibility index (Phi) is 6.35. The van der Waals surface area contributed by atoms with Gasteiger partial charge in [0.05, 0.1) is 39.6 Å². The number of ether oxygens (including phenoxy) is 3. The van der Waals surface area contributed by atoms with Crippen molar-refractivity contribution in [2.24, 2.45) is 0 Å². The number of benzene rings is 1. The third kappa shape index (κ3) is 4.42. The van der Waals surface area contributed by atoms with Crippen LogP contribution in [-0.2, 0) is 4.74 Å². The Morgan fingerprint density at radius 2 is 1.74 bits per heavy atom. The van der Waals surface area contributed by atoms with Gasteiger partial charge in [-0.1, -0.05) is 0 Å². The number of nitrogens with one attached hydrogen (secondary N) is 1. The topological polar surface area (TPSA) is 98.6 Å². The molecule has 0 saturated carbocycles. The minimum atomic E-state index is -0.000375. The Hall–Kier alpha value is -2.97. The van der Waals surface area contributed by atoms with Crippen molar-refractivity contribution in [1.29, 1.82) is 0 Å². The first-order valence-electron chi connectivity index (χ1n) is 8.53. The van der Waals surface area contributed by atoms with Crippen molar-refractivity contribution >= 4 is 16.7 Å². The van der Waals surface area contributed by atoms with Gasteiger partial charge in [0, 0.05) is 36.0 Å². The maximum Gasteiger partial charge on any atom is 0.162 e. The van der Waals surface area contributed by atoms with Crippen LogP contribution < -0.4 is 14.8 Å². The standard InChI is InChI=1S/C19H22N4O4/c1-25-16-11-14-15(12-17(16)26-2)22-18(13-3-5-20-6-4-13)23-19(14)21-7-9-27-10-8-24/h3-6,11-12,24H,7-10H2,1-2H3,(H,21,22,23). The van der Waals surface area contributed by atoms with Gasteiger partial charge in [-0.3, -0.25) is 4.98 Å². The van der Waals surface area contributed by atoms with E-state index in [-0.39, 0.29) is 6.61 Å². The highest BCUT2D eigenvalue weighted by molar-refractivity contribution is 5.93. The largest absolute Gasteiger partial charge is 0.493 e. The predicted octanol–water partition coefficient (Wildman–Crippen LogP) is 2.13. The minimum Gasteiger partial charge on any atom is -0.493 e. The molecule has 0 fully saturated rings. The van der Waals surface area contributed by atoms with Gasteiger partial charge in [0.15, 0.2) is 17.3 Å². The molecule has 0 saturated heterocycles. The summed E-state index contributed by atoms with van der Waals surface area (Å²) in [7, 11) is 3.18. The van der Waals surface area contributed by atoms with Crippen LogP contribution in [0.5, 0.6) is 11.5 Å². The molecule has 8 heteroatoms. The average Bonchev–Trinajstić information content (AvgIpc) is 2.72. The lowest BCUT2D eigenvalue weighted by Gasteiger charge is -2.14. The number of pyridine rings is 1. The first-order chi connectivity index (χ1) is 13.3.